The largest absolute Gasteiger partial charge is 0.472 e. The molecule has 3 atom stereocenters. The van der Waals surface area contributed by atoms with E-state index < -0.39 is 51.8 Å². The third kappa shape index (κ3) is 44.1. The molecule has 0 aromatic carbocycles. The maximum Gasteiger partial charge on any atom is 0.472 e. The van der Waals surface area contributed by atoms with Gasteiger partial charge in [0.25, 0.3) is 0 Å². The lowest BCUT2D eigenvalue weighted by Crippen LogP contribution is -2.29. The Kier molecular flexibility index (Phi) is 42.9. The van der Waals surface area contributed by atoms with Crippen LogP contribution in [0.4, 0.5) is 0 Å². The third-order valence-corrected chi connectivity index (χ3v) is 11.2. The van der Waals surface area contributed by atoms with E-state index in [1.54, 1.807) is 0 Å². The van der Waals surface area contributed by atoms with Gasteiger partial charge in [-0.1, -0.05) is 172 Å². The molecule has 11 heteroatoms. The van der Waals surface area contributed by atoms with Crippen molar-refractivity contribution in [3.63, 3.8) is 0 Å². The van der Waals surface area contributed by atoms with Crippen molar-refractivity contribution in [1.82, 2.24) is 0 Å². The van der Waals surface area contributed by atoms with E-state index in [1.807, 2.05) is 0 Å². The molecule has 0 heterocycles. The van der Waals surface area contributed by atoms with Gasteiger partial charge in [-0.3, -0.25) is 18.6 Å². The van der Waals surface area contributed by atoms with E-state index in [0.717, 1.165) is 57.8 Å². The second kappa shape index (κ2) is 44.3. The van der Waals surface area contributed by atoms with Crippen molar-refractivity contribution in [2.45, 2.75) is 232 Å². The zero-order valence-electron chi connectivity index (χ0n) is 37.7. The highest BCUT2D eigenvalue weighted by Crippen LogP contribution is 2.43. The van der Waals surface area contributed by atoms with Crippen LogP contribution in [0.2, 0.25) is 0 Å². The first-order valence-corrected chi connectivity index (χ1v) is 25.4. The van der Waals surface area contributed by atoms with Crippen LogP contribution in [-0.2, 0) is 32.7 Å². The van der Waals surface area contributed by atoms with E-state index in [2.05, 4.69) is 54.8 Å². The minimum absolute atomic E-state index is 0.124. The minimum Gasteiger partial charge on any atom is -0.462 e. The lowest BCUT2D eigenvalue weighted by Gasteiger charge is -2.20. The standard InChI is InChI=1S/C48H89O10P/c1-3-5-7-9-11-13-15-17-18-19-20-21-22-23-24-25-26-28-30-32-34-36-38-40-48(52)58-46(44-57-59(53,54)56-42-45(50)41-49)43-55-47(51)39-37-35-33-31-29-27-16-14-12-10-8-6-4-2/h14,16,25-26,32,34,45-46,49-50H,3-13,15,17-24,27-31,33,35-44H2,1-2H3,(H,53,54)/b16-14+,26-25+,34-32+/t45-,46+/m0/s1. The first-order chi connectivity index (χ1) is 28.7. The molecule has 0 aromatic rings. The van der Waals surface area contributed by atoms with Crippen molar-refractivity contribution in [3.05, 3.63) is 36.5 Å². The van der Waals surface area contributed by atoms with Gasteiger partial charge in [0.15, 0.2) is 6.10 Å². The Morgan fingerprint density at radius 3 is 1.34 bits per heavy atom. The smallest absolute Gasteiger partial charge is 0.462 e. The summed E-state index contributed by atoms with van der Waals surface area (Å²) in [5.41, 5.74) is 0. The molecule has 0 fully saturated rings. The summed E-state index contributed by atoms with van der Waals surface area (Å²) in [5, 5.41) is 18.3. The fraction of sp³-hybridized carbons (Fsp3) is 0.833. The number of ether oxygens (including phenoxy) is 2. The normalized spacial score (nSPS) is 14.1. The van der Waals surface area contributed by atoms with Gasteiger partial charge >= 0.3 is 19.8 Å². The Balaban J connectivity index is 4.25. The average Bonchev–Trinajstić information content (AvgIpc) is 3.22. The fourth-order valence-corrected chi connectivity index (χ4v) is 7.33. The monoisotopic (exact) mass is 857 g/mol. The van der Waals surface area contributed by atoms with Crippen molar-refractivity contribution in [3.8, 4) is 0 Å². The van der Waals surface area contributed by atoms with Gasteiger partial charge in [0.1, 0.15) is 12.7 Å². The Labute approximate surface area is 361 Å². The highest BCUT2D eigenvalue weighted by Gasteiger charge is 2.27. The van der Waals surface area contributed by atoms with Crippen LogP contribution in [0.1, 0.15) is 219 Å². The number of carbonyl (C=O) groups is 2. The van der Waals surface area contributed by atoms with Crippen LogP contribution in [0, 0.1) is 0 Å². The Bertz CT molecular complexity index is 1080. The first-order valence-electron chi connectivity index (χ1n) is 23.9. The Morgan fingerprint density at radius 2 is 0.864 bits per heavy atom. The summed E-state index contributed by atoms with van der Waals surface area (Å²) in [5.74, 6) is -0.980. The average molecular weight is 857 g/mol. The van der Waals surface area contributed by atoms with Crippen LogP contribution in [0.5, 0.6) is 0 Å². The molecule has 3 N–H and O–H groups in total. The van der Waals surface area contributed by atoms with Gasteiger partial charge in [-0.05, 0) is 70.6 Å². The summed E-state index contributed by atoms with van der Waals surface area (Å²) >= 11 is 0. The molecule has 0 saturated heterocycles. The second-order valence-corrected chi connectivity index (χ2v) is 17.6. The number of phosphoric acid groups is 1. The molecule has 10 nitrogen and oxygen atoms in total. The van der Waals surface area contributed by atoms with Crippen LogP contribution in [0.15, 0.2) is 36.5 Å². The van der Waals surface area contributed by atoms with Crippen molar-refractivity contribution in [2.75, 3.05) is 26.4 Å². The van der Waals surface area contributed by atoms with Gasteiger partial charge in [0, 0.05) is 12.8 Å². The van der Waals surface area contributed by atoms with Gasteiger partial charge < -0.3 is 24.6 Å². The quantitative estimate of drug-likeness (QED) is 0.0234. The Morgan fingerprint density at radius 1 is 0.492 bits per heavy atom. The maximum atomic E-state index is 12.6. The summed E-state index contributed by atoms with van der Waals surface area (Å²) in [6.45, 7) is 2.33. The number of allylic oxidation sites excluding steroid dienone is 6. The molecule has 59 heavy (non-hydrogen) atoms. The number of aliphatic hydroxyl groups is 2. The SMILES string of the molecule is CCCCCC/C=C/CCCCCCCC(=O)OC[C@H](COP(=O)(O)OC[C@@H](O)CO)OC(=O)CCC/C=C/CC/C=C/CCCCCCCCCCCCCCCC. The number of unbranched alkanes of at least 4 members (excludes halogenated alkanes) is 25. The predicted octanol–water partition coefficient (Wildman–Crippen LogP) is 13.1. The summed E-state index contributed by atoms with van der Waals surface area (Å²) in [6, 6.07) is 0. The molecule has 0 aliphatic rings. The van der Waals surface area contributed by atoms with Crippen molar-refractivity contribution < 1.29 is 47.8 Å². The maximum absolute atomic E-state index is 12.6. The Hall–Kier alpha value is -1.81. The van der Waals surface area contributed by atoms with Gasteiger partial charge in [0.05, 0.1) is 19.8 Å². The second-order valence-electron chi connectivity index (χ2n) is 16.1. The van der Waals surface area contributed by atoms with Crippen LogP contribution < -0.4 is 0 Å². The summed E-state index contributed by atoms with van der Waals surface area (Å²) < 4.78 is 32.7. The van der Waals surface area contributed by atoms with Crippen LogP contribution in [0.3, 0.4) is 0 Å². The molecular formula is C48H89O10P. The molecule has 0 aromatic heterocycles. The van der Waals surface area contributed by atoms with Crippen LogP contribution in [0.25, 0.3) is 0 Å². The zero-order valence-corrected chi connectivity index (χ0v) is 38.6. The van der Waals surface area contributed by atoms with E-state index in [1.165, 1.54) is 116 Å². The number of rotatable bonds is 45. The van der Waals surface area contributed by atoms with Gasteiger partial charge in [-0.25, -0.2) is 4.57 Å². The van der Waals surface area contributed by atoms with Crippen LogP contribution in [-0.4, -0.2) is 65.7 Å². The summed E-state index contributed by atoms with van der Waals surface area (Å²) in [4.78, 5) is 35.0. The van der Waals surface area contributed by atoms with Crippen LogP contribution >= 0.6 is 7.82 Å². The van der Waals surface area contributed by atoms with Gasteiger partial charge in [-0.15, -0.1) is 0 Å². The van der Waals surface area contributed by atoms with Crippen molar-refractivity contribution >= 4 is 19.8 Å². The number of hydrogen-bond acceptors (Lipinski definition) is 9. The summed E-state index contributed by atoms with van der Waals surface area (Å²) in [7, 11) is -4.63. The summed E-state index contributed by atoms with van der Waals surface area (Å²) in [6.07, 6.45) is 47.0. The molecule has 0 bridgehead atoms. The minimum atomic E-state index is -4.63. The predicted molar refractivity (Wildman–Crippen MR) is 242 cm³/mol. The zero-order chi connectivity index (χ0) is 43.3. The molecule has 346 valence electrons. The number of hydrogen-bond donors (Lipinski definition) is 3. The molecule has 0 spiro atoms. The lowest BCUT2D eigenvalue weighted by molar-refractivity contribution is -0.161. The third-order valence-electron chi connectivity index (χ3n) is 10.2. The van der Waals surface area contributed by atoms with E-state index in [-0.39, 0.29) is 19.4 Å². The van der Waals surface area contributed by atoms with Gasteiger partial charge in [0.2, 0.25) is 0 Å². The van der Waals surface area contributed by atoms with Gasteiger partial charge in [-0.2, -0.15) is 0 Å². The first kappa shape index (κ1) is 57.2. The molecule has 0 aliphatic heterocycles. The van der Waals surface area contributed by atoms with Crippen molar-refractivity contribution in [2.24, 2.45) is 0 Å². The molecule has 0 amide bonds. The topological polar surface area (TPSA) is 149 Å². The molecule has 0 radical (unpaired) electrons. The highest BCUT2D eigenvalue weighted by atomic mass is 31.2. The highest BCUT2D eigenvalue weighted by molar-refractivity contribution is 7.47. The van der Waals surface area contributed by atoms with Crippen molar-refractivity contribution in [1.29, 1.82) is 0 Å². The number of carbonyl (C=O) groups excluding carboxylic acids is 2. The van der Waals surface area contributed by atoms with E-state index in [4.69, 9.17) is 19.1 Å². The molecular weight excluding hydrogens is 767 g/mol. The molecule has 0 rings (SSSR count). The lowest BCUT2D eigenvalue weighted by atomic mass is 10.0. The number of esters is 2. The number of aliphatic hydroxyl groups excluding tert-OH is 2. The van der Waals surface area contributed by atoms with E-state index in [9.17, 15) is 24.2 Å². The molecule has 1 unspecified atom stereocenters. The fourth-order valence-electron chi connectivity index (χ4n) is 6.54. The van der Waals surface area contributed by atoms with E-state index in [0.29, 0.717) is 19.3 Å². The van der Waals surface area contributed by atoms with E-state index >= 15 is 0 Å². The number of phosphoric ester groups is 1. The molecule has 0 aliphatic carbocycles. The molecule has 0 saturated carbocycles.